The van der Waals surface area contributed by atoms with Crippen LogP contribution in [0.5, 0.6) is 0 Å². The van der Waals surface area contributed by atoms with Gasteiger partial charge in [0.2, 0.25) is 0 Å². The first-order chi connectivity index (χ1) is 7.43. The van der Waals surface area contributed by atoms with Crippen LogP contribution in [0.3, 0.4) is 0 Å². The molecule has 1 saturated heterocycles. The van der Waals surface area contributed by atoms with Gasteiger partial charge in [-0.3, -0.25) is 0 Å². The van der Waals surface area contributed by atoms with Crippen molar-refractivity contribution in [1.82, 2.24) is 4.90 Å². The first-order valence-corrected chi connectivity index (χ1v) is 5.98. The minimum Gasteiger partial charge on any atom is -0.328 e. The molecule has 1 rings (SSSR count). The molecule has 0 aromatic carbocycles. The minimum atomic E-state index is -4.04. The van der Waals surface area contributed by atoms with Crippen LogP contribution in [0.15, 0.2) is 0 Å². The lowest BCUT2D eigenvalue weighted by atomic mass is 9.97. The number of halogens is 3. The second-order valence-electron chi connectivity index (χ2n) is 4.64. The summed E-state index contributed by atoms with van der Waals surface area (Å²) in [5, 5.41) is 0. The maximum absolute atomic E-state index is 12.5. The van der Waals surface area contributed by atoms with Crippen molar-refractivity contribution in [2.75, 3.05) is 19.6 Å². The number of hydrogen-bond acceptors (Lipinski definition) is 2. The molecular formula is C11H21F3N2. The topological polar surface area (TPSA) is 29.3 Å². The fourth-order valence-corrected chi connectivity index (χ4v) is 2.08. The highest BCUT2D eigenvalue weighted by atomic mass is 19.4. The minimum absolute atomic E-state index is 0.117. The molecule has 1 fully saturated rings. The molecular weight excluding hydrogens is 217 g/mol. The van der Waals surface area contributed by atoms with E-state index in [1.54, 1.807) is 0 Å². The number of likely N-dealkylation sites (tertiary alicyclic amines) is 1. The Bertz CT molecular complexity index is 206. The Kier molecular flexibility index (Phi) is 5.05. The Balaban J connectivity index is 2.33. The Labute approximate surface area is 95.0 Å². The van der Waals surface area contributed by atoms with E-state index in [2.05, 4.69) is 0 Å². The molecule has 0 spiro atoms. The number of alkyl halides is 3. The molecule has 0 saturated carbocycles. The van der Waals surface area contributed by atoms with E-state index in [4.69, 9.17) is 5.73 Å². The number of piperidine rings is 1. The summed E-state index contributed by atoms with van der Waals surface area (Å²) in [7, 11) is 0. The van der Waals surface area contributed by atoms with Crippen molar-refractivity contribution in [3.63, 3.8) is 0 Å². The predicted molar refractivity (Wildman–Crippen MR) is 58.1 cm³/mol. The van der Waals surface area contributed by atoms with Crippen LogP contribution in [0.2, 0.25) is 0 Å². The zero-order valence-electron chi connectivity index (χ0n) is 9.76. The Hall–Kier alpha value is -0.290. The maximum atomic E-state index is 12.5. The van der Waals surface area contributed by atoms with E-state index in [0.29, 0.717) is 13.0 Å². The van der Waals surface area contributed by atoms with Crippen molar-refractivity contribution < 1.29 is 13.2 Å². The van der Waals surface area contributed by atoms with Gasteiger partial charge in [-0.15, -0.1) is 0 Å². The van der Waals surface area contributed by atoms with Crippen LogP contribution in [0, 0.1) is 5.92 Å². The summed E-state index contributed by atoms with van der Waals surface area (Å²) >= 11 is 0. The van der Waals surface area contributed by atoms with Gasteiger partial charge in [-0.2, -0.15) is 13.2 Å². The maximum Gasteiger partial charge on any atom is 0.393 e. The van der Waals surface area contributed by atoms with Gasteiger partial charge < -0.3 is 10.6 Å². The van der Waals surface area contributed by atoms with Crippen LogP contribution in [-0.4, -0.2) is 36.8 Å². The Morgan fingerprint density at radius 1 is 1.44 bits per heavy atom. The largest absolute Gasteiger partial charge is 0.393 e. The van der Waals surface area contributed by atoms with Crippen molar-refractivity contribution in [1.29, 1.82) is 0 Å². The third-order valence-corrected chi connectivity index (χ3v) is 3.31. The van der Waals surface area contributed by atoms with Gasteiger partial charge in [0.1, 0.15) is 0 Å². The van der Waals surface area contributed by atoms with Gasteiger partial charge >= 0.3 is 6.18 Å². The molecule has 2 nitrogen and oxygen atoms in total. The van der Waals surface area contributed by atoms with Crippen LogP contribution in [0.25, 0.3) is 0 Å². The normalized spacial score (nSPS) is 25.7. The highest BCUT2D eigenvalue weighted by molar-refractivity contribution is 4.78. The molecule has 2 N–H and O–H groups in total. The fourth-order valence-electron chi connectivity index (χ4n) is 2.08. The monoisotopic (exact) mass is 238 g/mol. The summed E-state index contributed by atoms with van der Waals surface area (Å²) in [5.74, 6) is -1.14. The summed E-state index contributed by atoms with van der Waals surface area (Å²) < 4.78 is 37.6. The Morgan fingerprint density at radius 3 is 2.69 bits per heavy atom. The molecule has 0 radical (unpaired) electrons. The fraction of sp³-hybridized carbons (Fsp3) is 1.00. The first-order valence-electron chi connectivity index (χ1n) is 5.98. The highest BCUT2D eigenvalue weighted by Crippen LogP contribution is 2.33. The lowest BCUT2D eigenvalue weighted by Crippen LogP contribution is -2.43. The van der Waals surface area contributed by atoms with Crippen LogP contribution >= 0.6 is 0 Å². The summed E-state index contributed by atoms with van der Waals surface area (Å²) in [4.78, 5) is 1.90. The quantitative estimate of drug-likeness (QED) is 0.814. The van der Waals surface area contributed by atoms with Crippen LogP contribution < -0.4 is 5.73 Å². The summed E-state index contributed by atoms with van der Waals surface area (Å²) in [5.41, 5.74) is 5.76. The summed E-state index contributed by atoms with van der Waals surface area (Å²) in [6.07, 6.45) is -1.44. The van der Waals surface area contributed by atoms with E-state index >= 15 is 0 Å². The molecule has 1 aliphatic rings. The molecule has 0 bridgehead atoms. The first kappa shape index (κ1) is 13.8. The van der Waals surface area contributed by atoms with Gasteiger partial charge in [-0.25, -0.2) is 0 Å². The number of nitrogens with zero attached hydrogens (tertiary/aromatic N) is 1. The van der Waals surface area contributed by atoms with Crippen molar-refractivity contribution in [3.8, 4) is 0 Å². The molecule has 5 heteroatoms. The molecule has 2 unspecified atom stereocenters. The number of rotatable bonds is 4. The number of hydrogen-bond donors (Lipinski definition) is 1. The zero-order valence-corrected chi connectivity index (χ0v) is 9.76. The molecule has 2 atom stereocenters. The van der Waals surface area contributed by atoms with Gasteiger partial charge in [0.05, 0.1) is 5.92 Å². The van der Waals surface area contributed by atoms with Crippen LogP contribution in [0.4, 0.5) is 13.2 Å². The summed E-state index contributed by atoms with van der Waals surface area (Å²) in [6.45, 7) is 3.63. The van der Waals surface area contributed by atoms with E-state index in [1.807, 2.05) is 11.8 Å². The van der Waals surface area contributed by atoms with E-state index in [-0.39, 0.29) is 19.0 Å². The molecule has 96 valence electrons. The van der Waals surface area contributed by atoms with Crippen molar-refractivity contribution >= 4 is 0 Å². The smallest absolute Gasteiger partial charge is 0.328 e. The van der Waals surface area contributed by atoms with Gasteiger partial charge in [0, 0.05) is 12.6 Å². The number of nitrogens with two attached hydrogens (primary N) is 1. The van der Waals surface area contributed by atoms with E-state index in [1.165, 1.54) is 0 Å². The Morgan fingerprint density at radius 2 is 2.12 bits per heavy atom. The van der Waals surface area contributed by atoms with Gasteiger partial charge in [0.15, 0.2) is 0 Å². The van der Waals surface area contributed by atoms with Gasteiger partial charge in [0.25, 0.3) is 0 Å². The third-order valence-electron chi connectivity index (χ3n) is 3.31. The van der Waals surface area contributed by atoms with Crippen molar-refractivity contribution in [2.24, 2.45) is 11.7 Å². The molecule has 1 heterocycles. The SMILES string of the molecule is CCC(N)CCN1CCCC(C(F)(F)F)C1. The van der Waals surface area contributed by atoms with Crippen LogP contribution in [-0.2, 0) is 0 Å². The van der Waals surface area contributed by atoms with Gasteiger partial charge in [-0.1, -0.05) is 6.92 Å². The molecule has 16 heavy (non-hydrogen) atoms. The highest BCUT2D eigenvalue weighted by Gasteiger charge is 2.41. The van der Waals surface area contributed by atoms with E-state index in [9.17, 15) is 13.2 Å². The lowest BCUT2D eigenvalue weighted by Gasteiger charge is -2.34. The molecule has 0 aromatic rings. The average molecular weight is 238 g/mol. The van der Waals surface area contributed by atoms with Crippen LogP contribution in [0.1, 0.15) is 32.6 Å². The van der Waals surface area contributed by atoms with Gasteiger partial charge in [-0.05, 0) is 38.8 Å². The molecule has 0 aromatic heterocycles. The molecule has 0 amide bonds. The standard InChI is InChI=1S/C11H21F3N2/c1-2-10(15)5-7-16-6-3-4-9(8-16)11(12,13)14/h9-10H,2-8,15H2,1H3. The van der Waals surface area contributed by atoms with E-state index in [0.717, 1.165) is 19.4 Å². The second kappa shape index (κ2) is 5.87. The second-order valence-corrected chi connectivity index (χ2v) is 4.64. The molecule has 0 aliphatic carbocycles. The third kappa shape index (κ3) is 4.29. The zero-order chi connectivity index (χ0) is 12.2. The average Bonchev–Trinajstić information content (AvgIpc) is 2.25. The van der Waals surface area contributed by atoms with E-state index < -0.39 is 12.1 Å². The van der Waals surface area contributed by atoms with Crippen molar-refractivity contribution in [2.45, 2.75) is 44.8 Å². The molecule has 1 aliphatic heterocycles. The predicted octanol–water partition coefficient (Wildman–Crippen LogP) is 2.39. The lowest BCUT2D eigenvalue weighted by molar-refractivity contribution is -0.186. The van der Waals surface area contributed by atoms with Crippen molar-refractivity contribution in [3.05, 3.63) is 0 Å². The summed E-state index contributed by atoms with van der Waals surface area (Å²) in [6, 6.07) is 0.117.